The smallest absolute Gasteiger partial charge is 0.228 e. The van der Waals surface area contributed by atoms with Crippen molar-refractivity contribution in [2.24, 2.45) is 5.41 Å². The molecule has 0 aliphatic carbocycles. The Labute approximate surface area is 103 Å². The summed E-state index contributed by atoms with van der Waals surface area (Å²) in [6.07, 6.45) is 1.12. The van der Waals surface area contributed by atoms with Gasteiger partial charge in [0.15, 0.2) is 0 Å². The molecule has 0 saturated carbocycles. The van der Waals surface area contributed by atoms with Crippen LogP contribution in [0.15, 0.2) is 0 Å². The van der Waals surface area contributed by atoms with Crippen molar-refractivity contribution in [2.75, 3.05) is 32.4 Å². The summed E-state index contributed by atoms with van der Waals surface area (Å²) in [5, 5.41) is 0. The second-order valence-corrected chi connectivity index (χ2v) is 7.40. The van der Waals surface area contributed by atoms with Crippen LogP contribution < -0.4 is 0 Å². The van der Waals surface area contributed by atoms with E-state index in [9.17, 15) is 4.79 Å². The molecule has 1 atom stereocenters. The van der Waals surface area contributed by atoms with Gasteiger partial charge in [0, 0.05) is 30.8 Å². The molecule has 1 unspecified atom stereocenters. The zero-order chi connectivity index (χ0) is 12.0. The molecular formula is C12H22N2OS. The minimum absolute atomic E-state index is 0.223. The first-order valence-electron chi connectivity index (χ1n) is 6.00. The molecule has 2 rings (SSSR count). The Morgan fingerprint density at radius 3 is 2.50 bits per heavy atom. The number of likely N-dealkylation sites (tertiary alicyclic amines) is 1. The zero-order valence-electron chi connectivity index (χ0n) is 10.7. The lowest BCUT2D eigenvalue weighted by Crippen LogP contribution is -2.44. The number of likely N-dealkylation sites (N-methyl/N-ethyl adjacent to an activating group) is 1. The number of amides is 1. The van der Waals surface area contributed by atoms with E-state index >= 15 is 0 Å². The van der Waals surface area contributed by atoms with Crippen LogP contribution in [0.2, 0.25) is 0 Å². The van der Waals surface area contributed by atoms with Gasteiger partial charge in [-0.15, -0.1) is 11.8 Å². The molecule has 0 radical (unpaired) electrons. The number of hydrogen-bond acceptors (Lipinski definition) is 3. The summed E-state index contributed by atoms with van der Waals surface area (Å²) >= 11 is 2.02. The van der Waals surface area contributed by atoms with Crippen molar-refractivity contribution in [3.05, 3.63) is 0 Å². The number of nitrogens with zero attached hydrogens (tertiary/aromatic N) is 2. The predicted molar refractivity (Wildman–Crippen MR) is 68.5 cm³/mol. The average Bonchev–Trinajstić information content (AvgIpc) is 2.74. The van der Waals surface area contributed by atoms with Gasteiger partial charge in [0.25, 0.3) is 0 Å². The third-order valence-electron chi connectivity index (χ3n) is 3.63. The maximum absolute atomic E-state index is 12.2. The molecule has 0 aromatic carbocycles. The lowest BCUT2D eigenvalue weighted by molar-refractivity contribution is -0.138. The first-order valence-corrected chi connectivity index (χ1v) is 6.98. The maximum atomic E-state index is 12.2. The van der Waals surface area contributed by atoms with Crippen molar-refractivity contribution < 1.29 is 4.79 Å². The Bertz CT molecular complexity index is 300. The van der Waals surface area contributed by atoms with Crippen LogP contribution in [0.5, 0.6) is 0 Å². The number of carbonyl (C=O) groups is 1. The van der Waals surface area contributed by atoms with Crippen molar-refractivity contribution >= 4 is 17.7 Å². The Balaban J connectivity index is 2.06. The second-order valence-electron chi connectivity index (χ2n) is 5.94. The quantitative estimate of drug-likeness (QED) is 0.645. The molecule has 2 fully saturated rings. The van der Waals surface area contributed by atoms with E-state index in [0.717, 1.165) is 26.1 Å². The molecule has 92 valence electrons. The van der Waals surface area contributed by atoms with Gasteiger partial charge in [-0.2, -0.15) is 0 Å². The summed E-state index contributed by atoms with van der Waals surface area (Å²) in [5.74, 6) is 1.50. The van der Waals surface area contributed by atoms with Crippen molar-refractivity contribution in [1.82, 2.24) is 9.80 Å². The monoisotopic (exact) mass is 242 g/mol. The van der Waals surface area contributed by atoms with Gasteiger partial charge < -0.3 is 4.90 Å². The molecule has 0 bridgehead atoms. The van der Waals surface area contributed by atoms with Crippen LogP contribution >= 0.6 is 11.8 Å². The molecular weight excluding hydrogens is 220 g/mol. The van der Waals surface area contributed by atoms with Crippen LogP contribution in [0, 0.1) is 5.41 Å². The fourth-order valence-corrected chi connectivity index (χ4v) is 4.07. The number of rotatable bonds is 0. The Morgan fingerprint density at radius 2 is 2.00 bits per heavy atom. The van der Waals surface area contributed by atoms with Crippen LogP contribution in [0.4, 0.5) is 0 Å². The van der Waals surface area contributed by atoms with Gasteiger partial charge in [0.05, 0.1) is 4.87 Å². The van der Waals surface area contributed by atoms with Crippen LogP contribution in [-0.4, -0.2) is 53.0 Å². The first-order chi connectivity index (χ1) is 7.35. The Hall–Kier alpha value is -0.220. The summed E-state index contributed by atoms with van der Waals surface area (Å²) < 4.78 is 0. The molecule has 2 saturated heterocycles. The average molecular weight is 242 g/mol. The maximum Gasteiger partial charge on any atom is 0.228 e. The Morgan fingerprint density at radius 1 is 1.31 bits per heavy atom. The van der Waals surface area contributed by atoms with Crippen molar-refractivity contribution in [3.8, 4) is 0 Å². The van der Waals surface area contributed by atoms with Gasteiger partial charge in [-0.25, -0.2) is 0 Å². The van der Waals surface area contributed by atoms with E-state index < -0.39 is 0 Å². The highest BCUT2D eigenvalue weighted by atomic mass is 32.2. The Kier molecular flexibility index (Phi) is 2.99. The van der Waals surface area contributed by atoms with E-state index in [1.54, 1.807) is 0 Å². The summed E-state index contributed by atoms with van der Waals surface area (Å²) in [6, 6.07) is 0. The third kappa shape index (κ3) is 1.97. The minimum Gasteiger partial charge on any atom is -0.339 e. The van der Waals surface area contributed by atoms with Gasteiger partial charge in [0.2, 0.25) is 5.91 Å². The van der Waals surface area contributed by atoms with Gasteiger partial charge in [-0.1, -0.05) is 20.8 Å². The van der Waals surface area contributed by atoms with E-state index in [0.29, 0.717) is 5.91 Å². The molecule has 16 heavy (non-hydrogen) atoms. The van der Waals surface area contributed by atoms with Gasteiger partial charge in [-0.05, 0) is 13.5 Å². The van der Waals surface area contributed by atoms with Gasteiger partial charge in [0.1, 0.15) is 0 Å². The third-order valence-corrected chi connectivity index (χ3v) is 5.20. The molecule has 2 aliphatic rings. The summed E-state index contributed by atoms with van der Waals surface area (Å²) in [6.45, 7) is 9.00. The zero-order valence-corrected chi connectivity index (χ0v) is 11.6. The van der Waals surface area contributed by atoms with E-state index in [4.69, 9.17) is 0 Å². The summed E-state index contributed by atoms with van der Waals surface area (Å²) in [7, 11) is 2.19. The highest BCUT2D eigenvalue weighted by Gasteiger charge is 2.47. The van der Waals surface area contributed by atoms with E-state index in [-0.39, 0.29) is 10.3 Å². The van der Waals surface area contributed by atoms with Crippen LogP contribution in [0.3, 0.4) is 0 Å². The molecule has 4 heteroatoms. The number of hydrogen-bond donors (Lipinski definition) is 0. The molecule has 1 spiro atoms. The minimum atomic E-state index is -0.243. The number of carbonyl (C=O) groups excluding carboxylic acids is 1. The lowest BCUT2D eigenvalue weighted by atomic mass is 9.95. The topological polar surface area (TPSA) is 23.6 Å². The first kappa shape index (κ1) is 12.2. The molecule has 0 N–H and O–H groups in total. The second kappa shape index (κ2) is 3.91. The van der Waals surface area contributed by atoms with Crippen molar-refractivity contribution in [2.45, 2.75) is 32.1 Å². The van der Waals surface area contributed by atoms with Crippen molar-refractivity contribution in [1.29, 1.82) is 0 Å². The summed E-state index contributed by atoms with van der Waals surface area (Å²) in [5.41, 5.74) is -0.243. The highest BCUT2D eigenvalue weighted by Crippen LogP contribution is 2.42. The highest BCUT2D eigenvalue weighted by molar-refractivity contribution is 8.00. The molecule has 0 aromatic rings. The van der Waals surface area contributed by atoms with E-state index in [2.05, 4.69) is 16.8 Å². The molecule has 3 nitrogen and oxygen atoms in total. The van der Waals surface area contributed by atoms with E-state index in [1.807, 2.05) is 32.5 Å². The SMILES string of the molecule is CN1CCSC12CCN(C(=O)C(C)(C)C)C2. The molecule has 0 aromatic heterocycles. The van der Waals surface area contributed by atoms with Crippen molar-refractivity contribution in [3.63, 3.8) is 0 Å². The summed E-state index contributed by atoms with van der Waals surface area (Å²) in [4.78, 5) is 16.9. The van der Waals surface area contributed by atoms with Gasteiger partial charge in [-0.3, -0.25) is 9.69 Å². The van der Waals surface area contributed by atoms with E-state index in [1.165, 1.54) is 5.75 Å². The standard InChI is InChI=1S/C12H22N2OS/c1-11(2,3)10(15)14-6-5-12(9-14)13(4)7-8-16-12/h5-9H2,1-4H3. The normalized spacial score (nSPS) is 31.6. The molecule has 2 aliphatic heterocycles. The van der Waals surface area contributed by atoms with Gasteiger partial charge >= 0.3 is 0 Å². The largest absolute Gasteiger partial charge is 0.339 e. The molecule has 2 heterocycles. The fraction of sp³-hybridized carbons (Fsp3) is 0.917. The number of thioether (sulfide) groups is 1. The lowest BCUT2D eigenvalue weighted by Gasteiger charge is -2.32. The predicted octanol–water partition coefficient (Wildman–Crippen LogP) is 1.64. The van der Waals surface area contributed by atoms with Crippen LogP contribution in [-0.2, 0) is 4.79 Å². The van der Waals surface area contributed by atoms with Crippen LogP contribution in [0.1, 0.15) is 27.2 Å². The molecule has 1 amide bonds. The fourth-order valence-electron chi connectivity index (χ4n) is 2.53. The van der Waals surface area contributed by atoms with Crippen LogP contribution in [0.25, 0.3) is 0 Å².